The molecule has 6 heteroatoms. The van der Waals surface area contributed by atoms with E-state index in [2.05, 4.69) is 20.9 Å². The van der Waals surface area contributed by atoms with Gasteiger partial charge in [0.15, 0.2) is 10.4 Å². The van der Waals surface area contributed by atoms with E-state index in [1.165, 1.54) is 11.3 Å². The monoisotopic (exact) mass is 287 g/mol. The lowest BCUT2D eigenvalue weighted by molar-refractivity contribution is -0.136. The Morgan fingerprint density at radius 3 is 3.00 bits per heavy atom. The summed E-state index contributed by atoms with van der Waals surface area (Å²) in [4.78, 5) is 14.6. The molecular weight excluding hydrogens is 282 g/mol. The first-order valence-corrected chi connectivity index (χ1v) is 5.74. The summed E-state index contributed by atoms with van der Waals surface area (Å²) >= 11 is 4.51. The number of carbonyl (C=O) groups is 1. The molecule has 0 amide bonds. The van der Waals surface area contributed by atoms with E-state index in [1.54, 1.807) is 17.5 Å². The number of nitrogens with zero attached hydrogens (tertiary/aromatic N) is 1. The third kappa shape index (κ3) is 2.45. The van der Waals surface area contributed by atoms with Crippen molar-refractivity contribution in [1.29, 1.82) is 0 Å². The van der Waals surface area contributed by atoms with Gasteiger partial charge >= 0.3 is 5.97 Å². The second-order valence-electron chi connectivity index (χ2n) is 2.80. The van der Waals surface area contributed by atoms with Crippen molar-refractivity contribution in [3.8, 4) is 11.5 Å². The highest BCUT2D eigenvalue weighted by Crippen LogP contribution is 2.26. The number of hydrogen-bond acceptors (Lipinski definition) is 4. The number of rotatable bonds is 3. The lowest BCUT2D eigenvalue weighted by atomic mass is 10.3. The maximum Gasteiger partial charge on any atom is 0.310 e. The van der Waals surface area contributed by atoms with E-state index in [0.717, 1.165) is 0 Å². The van der Waals surface area contributed by atoms with E-state index >= 15 is 0 Å². The van der Waals surface area contributed by atoms with Crippen molar-refractivity contribution in [3.63, 3.8) is 0 Å². The van der Waals surface area contributed by atoms with Crippen molar-refractivity contribution in [2.45, 2.75) is 6.42 Å². The SMILES string of the molecule is O=C(O)Cc1nc(-c2ccc(Br)o2)cs1. The summed E-state index contributed by atoms with van der Waals surface area (Å²) in [7, 11) is 0. The van der Waals surface area contributed by atoms with Crippen molar-refractivity contribution in [1.82, 2.24) is 4.98 Å². The van der Waals surface area contributed by atoms with Crippen molar-refractivity contribution in [2.24, 2.45) is 0 Å². The second-order valence-corrected chi connectivity index (χ2v) is 4.52. The summed E-state index contributed by atoms with van der Waals surface area (Å²) in [5, 5.41) is 10.9. The normalized spacial score (nSPS) is 10.5. The van der Waals surface area contributed by atoms with Gasteiger partial charge in [0.2, 0.25) is 0 Å². The van der Waals surface area contributed by atoms with Gasteiger partial charge in [0.25, 0.3) is 0 Å². The summed E-state index contributed by atoms with van der Waals surface area (Å²) in [6.45, 7) is 0. The minimum Gasteiger partial charge on any atom is -0.481 e. The van der Waals surface area contributed by atoms with E-state index in [-0.39, 0.29) is 6.42 Å². The molecule has 0 aromatic carbocycles. The third-order valence-electron chi connectivity index (χ3n) is 1.68. The average Bonchev–Trinajstić information content (AvgIpc) is 2.72. The molecule has 2 heterocycles. The average molecular weight is 288 g/mol. The van der Waals surface area contributed by atoms with Gasteiger partial charge in [-0.15, -0.1) is 11.3 Å². The molecule has 0 saturated carbocycles. The number of aromatic nitrogens is 1. The van der Waals surface area contributed by atoms with Crippen LogP contribution in [0.15, 0.2) is 26.6 Å². The number of hydrogen-bond donors (Lipinski definition) is 1. The summed E-state index contributed by atoms with van der Waals surface area (Å²) < 4.78 is 5.93. The van der Waals surface area contributed by atoms with Crippen LogP contribution in [0.1, 0.15) is 5.01 Å². The van der Waals surface area contributed by atoms with Crippen LogP contribution < -0.4 is 0 Å². The quantitative estimate of drug-likeness (QED) is 0.943. The Kier molecular flexibility index (Phi) is 2.88. The molecule has 2 aromatic heterocycles. The predicted molar refractivity (Wildman–Crippen MR) is 58.9 cm³/mol. The lowest BCUT2D eigenvalue weighted by Crippen LogP contribution is -1.98. The van der Waals surface area contributed by atoms with Gasteiger partial charge in [-0.1, -0.05) is 0 Å². The zero-order valence-corrected chi connectivity index (χ0v) is 9.84. The minimum atomic E-state index is -0.878. The summed E-state index contributed by atoms with van der Waals surface area (Å²) in [6, 6.07) is 3.55. The van der Waals surface area contributed by atoms with Gasteiger partial charge in [-0.3, -0.25) is 4.79 Å². The van der Waals surface area contributed by atoms with Crippen LogP contribution in [0.4, 0.5) is 0 Å². The van der Waals surface area contributed by atoms with Gasteiger partial charge in [-0.05, 0) is 28.1 Å². The first kappa shape index (κ1) is 10.4. The summed E-state index contributed by atoms with van der Waals surface area (Å²) in [5.41, 5.74) is 0.668. The van der Waals surface area contributed by atoms with Gasteiger partial charge < -0.3 is 9.52 Å². The number of carboxylic acid groups (broad SMARTS) is 1. The van der Waals surface area contributed by atoms with Crippen molar-refractivity contribution in [3.05, 3.63) is 27.2 Å². The zero-order valence-electron chi connectivity index (χ0n) is 7.44. The molecule has 0 unspecified atom stereocenters. The standard InChI is InChI=1S/C9H6BrNO3S/c10-7-2-1-6(14-7)5-4-15-8(11-5)3-9(12)13/h1-2,4H,3H2,(H,12,13). The molecular formula is C9H6BrNO3S. The number of aliphatic carboxylic acids is 1. The Balaban J connectivity index is 2.23. The molecule has 0 aliphatic heterocycles. The summed E-state index contributed by atoms with van der Waals surface area (Å²) in [6.07, 6.45) is -0.0491. The molecule has 0 bridgehead atoms. The van der Waals surface area contributed by atoms with Crippen molar-refractivity contribution < 1.29 is 14.3 Å². The van der Waals surface area contributed by atoms with Crippen LogP contribution in [0.3, 0.4) is 0 Å². The van der Waals surface area contributed by atoms with Gasteiger partial charge in [0, 0.05) is 5.38 Å². The predicted octanol–water partition coefficient (Wildman–Crippen LogP) is 2.79. The molecule has 0 aliphatic rings. The smallest absolute Gasteiger partial charge is 0.310 e. The molecule has 0 spiro atoms. The van der Waals surface area contributed by atoms with E-state index in [1.807, 2.05) is 0 Å². The maximum atomic E-state index is 10.5. The molecule has 0 fully saturated rings. The molecule has 15 heavy (non-hydrogen) atoms. The fraction of sp³-hybridized carbons (Fsp3) is 0.111. The highest BCUT2D eigenvalue weighted by Gasteiger charge is 2.10. The van der Waals surface area contributed by atoms with Gasteiger partial charge in [-0.2, -0.15) is 0 Å². The fourth-order valence-corrected chi connectivity index (χ4v) is 2.17. The molecule has 0 radical (unpaired) electrons. The Labute approximate surface area is 97.7 Å². The van der Waals surface area contributed by atoms with Crippen LogP contribution >= 0.6 is 27.3 Å². The molecule has 2 aromatic rings. The van der Waals surface area contributed by atoms with E-state index in [9.17, 15) is 4.79 Å². The van der Waals surface area contributed by atoms with Crippen molar-refractivity contribution in [2.75, 3.05) is 0 Å². The number of carboxylic acids is 1. The molecule has 4 nitrogen and oxygen atoms in total. The van der Waals surface area contributed by atoms with Crippen LogP contribution in [-0.2, 0) is 11.2 Å². The Bertz CT molecular complexity index is 491. The highest BCUT2D eigenvalue weighted by molar-refractivity contribution is 9.10. The zero-order chi connectivity index (χ0) is 10.8. The molecule has 1 N–H and O–H groups in total. The lowest BCUT2D eigenvalue weighted by Gasteiger charge is -1.88. The molecule has 2 rings (SSSR count). The highest BCUT2D eigenvalue weighted by atomic mass is 79.9. The van der Waals surface area contributed by atoms with E-state index in [0.29, 0.717) is 21.1 Å². The maximum absolute atomic E-state index is 10.5. The van der Waals surface area contributed by atoms with Crippen molar-refractivity contribution >= 4 is 33.2 Å². The molecule has 78 valence electrons. The van der Waals surface area contributed by atoms with E-state index < -0.39 is 5.97 Å². The molecule has 0 saturated heterocycles. The van der Waals surface area contributed by atoms with Gasteiger partial charge in [0.05, 0.1) is 6.42 Å². The van der Waals surface area contributed by atoms with Crippen LogP contribution in [0.2, 0.25) is 0 Å². The largest absolute Gasteiger partial charge is 0.481 e. The minimum absolute atomic E-state index is 0.0491. The Morgan fingerprint density at radius 1 is 1.60 bits per heavy atom. The number of halogens is 1. The Morgan fingerprint density at radius 2 is 2.40 bits per heavy atom. The van der Waals surface area contributed by atoms with Crippen LogP contribution in [0, 0.1) is 0 Å². The summed E-state index contributed by atoms with van der Waals surface area (Å²) in [5.74, 6) is -0.244. The first-order valence-electron chi connectivity index (χ1n) is 4.07. The fourth-order valence-electron chi connectivity index (χ4n) is 1.09. The van der Waals surface area contributed by atoms with Crippen LogP contribution in [0.5, 0.6) is 0 Å². The van der Waals surface area contributed by atoms with E-state index in [4.69, 9.17) is 9.52 Å². The number of thiazole rings is 1. The first-order chi connectivity index (χ1) is 7.15. The van der Waals surface area contributed by atoms with Gasteiger partial charge in [-0.25, -0.2) is 4.98 Å². The Hall–Kier alpha value is -1.14. The van der Waals surface area contributed by atoms with Gasteiger partial charge in [0.1, 0.15) is 10.7 Å². The molecule has 0 atom stereocenters. The molecule has 0 aliphatic carbocycles. The van der Waals surface area contributed by atoms with Crippen LogP contribution in [-0.4, -0.2) is 16.1 Å². The second kappa shape index (κ2) is 4.16. The number of furan rings is 1. The third-order valence-corrected chi connectivity index (χ3v) is 2.95. The van der Waals surface area contributed by atoms with Crippen LogP contribution in [0.25, 0.3) is 11.5 Å². The topological polar surface area (TPSA) is 63.3 Å².